The average Bonchev–Trinajstić information content (AvgIpc) is 2.89. The number of carbonyl (C=O) groups excluding carboxylic acids is 2. The second kappa shape index (κ2) is 9.39. The van der Waals surface area contributed by atoms with Crippen molar-refractivity contribution in [3.05, 3.63) is 0 Å². The van der Waals surface area contributed by atoms with Crippen LogP contribution >= 0.6 is 0 Å². The highest BCUT2D eigenvalue weighted by atomic mass is 28.4. The van der Waals surface area contributed by atoms with Crippen molar-refractivity contribution in [1.29, 1.82) is 0 Å². The molecule has 1 unspecified atom stereocenters. The lowest BCUT2D eigenvalue weighted by atomic mass is 9.89. The molecule has 0 N–H and O–H groups in total. The number of hydrogen-bond acceptors (Lipinski definition) is 6. The summed E-state index contributed by atoms with van der Waals surface area (Å²) in [6.45, 7) is 17.2. The Hall–Kier alpha value is -1.12. The summed E-state index contributed by atoms with van der Waals surface area (Å²) < 4.78 is 23.3. The van der Waals surface area contributed by atoms with Gasteiger partial charge in [0.25, 0.3) is 0 Å². The maximum Gasteiger partial charge on any atom is 0.413 e. The van der Waals surface area contributed by atoms with Crippen LogP contribution in [0.4, 0.5) is 4.79 Å². The van der Waals surface area contributed by atoms with Gasteiger partial charge in [0.2, 0.25) is 6.10 Å². The molecule has 2 aliphatic rings. The molecule has 1 spiro atoms. The van der Waals surface area contributed by atoms with Crippen molar-refractivity contribution in [2.24, 2.45) is 0 Å². The van der Waals surface area contributed by atoms with E-state index in [1.165, 1.54) is 7.11 Å². The van der Waals surface area contributed by atoms with Crippen LogP contribution in [0.3, 0.4) is 0 Å². The van der Waals surface area contributed by atoms with Gasteiger partial charge in [-0.15, -0.1) is 0 Å². The van der Waals surface area contributed by atoms with Gasteiger partial charge in [0, 0.05) is 12.5 Å². The molecule has 7 nitrogen and oxygen atoms in total. The van der Waals surface area contributed by atoms with E-state index in [0.29, 0.717) is 6.61 Å². The molecule has 0 aromatic carbocycles. The first-order chi connectivity index (χ1) is 14.2. The molecule has 1 saturated carbocycles. The number of methoxy groups -OCH3 is 1. The van der Waals surface area contributed by atoms with E-state index in [1.54, 1.807) is 4.90 Å². The van der Waals surface area contributed by atoms with E-state index in [0.717, 1.165) is 32.1 Å². The third-order valence-corrected chi connectivity index (χ3v) is 11.7. The van der Waals surface area contributed by atoms with E-state index < -0.39 is 37.7 Å². The van der Waals surface area contributed by atoms with Crippen LogP contribution in [0.2, 0.25) is 18.1 Å². The summed E-state index contributed by atoms with van der Waals surface area (Å²) in [5.74, 6) is -0.561. The van der Waals surface area contributed by atoms with E-state index in [4.69, 9.17) is 18.6 Å². The van der Waals surface area contributed by atoms with Crippen molar-refractivity contribution in [2.45, 2.75) is 122 Å². The topological polar surface area (TPSA) is 74.3 Å². The van der Waals surface area contributed by atoms with Crippen molar-refractivity contribution >= 4 is 20.4 Å². The molecule has 1 saturated heterocycles. The summed E-state index contributed by atoms with van der Waals surface area (Å²) in [6, 6.07) is 0. The zero-order valence-electron chi connectivity index (χ0n) is 21.0. The Balaban J connectivity index is 2.16. The summed E-state index contributed by atoms with van der Waals surface area (Å²) in [6.07, 6.45) is 3.22. The van der Waals surface area contributed by atoms with Crippen molar-refractivity contribution in [2.75, 3.05) is 13.7 Å². The number of ether oxygens (including phenoxy) is 3. The highest BCUT2D eigenvalue weighted by molar-refractivity contribution is 6.74. The van der Waals surface area contributed by atoms with Gasteiger partial charge in [0.05, 0.1) is 19.3 Å². The standard InChI is InChI=1S/C23H43NO6Si/c1-17(30-31(8,9)21(2,3)4)15-18(19(25)27-7)29-20(26)24-22(5,6)16-28-23(24)13-11-10-12-14-23/h17-18H,10-16H2,1-9H3/t17?,18-/m1/s1. The van der Waals surface area contributed by atoms with Gasteiger partial charge in [-0.2, -0.15) is 0 Å². The van der Waals surface area contributed by atoms with Crippen LogP contribution in [0, 0.1) is 0 Å². The van der Waals surface area contributed by atoms with Crippen LogP contribution in [0.25, 0.3) is 0 Å². The minimum Gasteiger partial charge on any atom is -0.466 e. The predicted molar refractivity (Wildman–Crippen MR) is 122 cm³/mol. The molecule has 1 aliphatic carbocycles. The Bertz CT molecular complexity index is 651. The molecule has 31 heavy (non-hydrogen) atoms. The number of hydrogen-bond donors (Lipinski definition) is 0. The molecule has 1 amide bonds. The number of amides is 1. The molecular formula is C23H43NO6Si. The van der Waals surface area contributed by atoms with Crippen LogP contribution < -0.4 is 0 Å². The number of carbonyl (C=O) groups is 2. The third-order valence-electron chi connectivity index (χ3n) is 7.08. The average molecular weight is 458 g/mol. The zero-order valence-corrected chi connectivity index (χ0v) is 22.0. The highest BCUT2D eigenvalue weighted by Crippen LogP contribution is 2.45. The molecule has 180 valence electrons. The molecule has 1 aliphatic heterocycles. The minimum atomic E-state index is -2.02. The fourth-order valence-corrected chi connectivity index (χ4v) is 5.86. The molecule has 0 bridgehead atoms. The van der Waals surface area contributed by atoms with Gasteiger partial charge >= 0.3 is 12.1 Å². The lowest BCUT2D eigenvalue weighted by molar-refractivity contribution is -0.155. The molecule has 2 atom stereocenters. The third kappa shape index (κ3) is 5.82. The predicted octanol–water partition coefficient (Wildman–Crippen LogP) is 5.24. The Morgan fingerprint density at radius 1 is 1.13 bits per heavy atom. The van der Waals surface area contributed by atoms with Crippen LogP contribution in [-0.4, -0.2) is 62.5 Å². The molecule has 8 heteroatoms. The largest absolute Gasteiger partial charge is 0.466 e. The monoisotopic (exact) mass is 457 g/mol. The summed E-state index contributed by atoms with van der Waals surface area (Å²) in [7, 11) is -0.710. The van der Waals surface area contributed by atoms with E-state index in [1.807, 2.05) is 20.8 Å². The summed E-state index contributed by atoms with van der Waals surface area (Å²) >= 11 is 0. The smallest absolute Gasteiger partial charge is 0.413 e. The van der Waals surface area contributed by atoms with E-state index >= 15 is 0 Å². The molecule has 0 aromatic rings. The lowest BCUT2D eigenvalue weighted by Crippen LogP contribution is -2.57. The number of nitrogens with zero attached hydrogens (tertiary/aromatic N) is 1. The maximum atomic E-state index is 13.4. The summed E-state index contributed by atoms with van der Waals surface area (Å²) in [5, 5.41) is 0.0446. The van der Waals surface area contributed by atoms with Crippen molar-refractivity contribution in [3.8, 4) is 0 Å². The Labute approximate surface area is 189 Å². The fraction of sp³-hybridized carbons (Fsp3) is 0.913. The van der Waals surface area contributed by atoms with Gasteiger partial charge < -0.3 is 18.6 Å². The second-order valence-electron chi connectivity index (χ2n) is 11.3. The van der Waals surface area contributed by atoms with Crippen LogP contribution in [-0.2, 0) is 23.4 Å². The molecule has 0 aromatic heterocycles. The van der Waals surface area contributed by atoms with Crippen molar-refractivity contribution in [3.63, 3.8) is 0 Å². The fourth-order valence-electron chi connectivity index (χ4n) is 4.40. The molecule has 0 radical (unpaired) electrons. The second-order valence-corrected chi connectivity index (χ2v) is 16.0. The minimum absolute atomic E-state index is 0.0446. The van der Waals surface area contributed by atoms with Gasteiger partial charge in [-0.1, -0.05) is 27.2 Å². The van der Waals surface area contributed by atoms with E-state index in [9.17, 15) is 9.59 Å². The SMILES string of the molecule is COC(=O)[C@@H](CC(C)O[Si](C)(C)C(C)(C)C)OC(=O)N1C(C)(C)COC12CCCCC2. The van der Waals surface area contributed by atoms with Gasteiger partial charge in [0.15, 0.2) is 8.32 Å². The van der Waals surface area contributed by atoms with Crippen molar-refractivity contribution in [1.82, 2.24) is 4.90 Å². The van der Waals surface area contributed by atoms with Gasteiger partial charge in [-0.25, -0.2) is 9.59 Å². The van der Waals surface area contributed by atoms with E-state index in [-0.39, 0.29) is 17.6 Å². The van der Waals surface area contributed by atoms with E-state index in [2.05, 4.69) is 33.9 Å². The number of rotatable bonds is 6. The first-order valence-electron chi connectivity index (χ1n) is 11.6. The molecular weight excluding hydrogens is 414 g/mol. The Morgan fingerprint density at radius 2 is 1.71 bits per heavy atom. The van der Waals surface area contributed by atoms with Crippen LogP contribution in [0.5, 0.6) is 0 Å². The summed E-state index contributed by atoms with van der Waals surface area (Å²) in [5.41, 5.74) is -1.14. The van der Waals surface area contributed by atoms with Gasteiger partial charge in [0.1, 0.15) is 5.72 Å². The van der Waals surface area contributed by atoms with Crippen LogP contribution in [0.1, 0.15) is 80.1 Å². The Kier molecular flexibility index (Phi) is 7.92. The first-order valence-corrected chi connectivity index (χ1v) is 14.5. The maximum absolute atomic E-state index is 13.4. The van der Waals surface area contributed by atoms with Gasteiger partial charge in [-0.05, 0) is 64.6 Å². The number of esters is 1. The lowest BCUT2D eigenvalue weighted by Gasteiger charge is -2.43. The normalized spacial score (nSPS) is 22.8. The molecule has 2 fully saturated rings. The first kappa shape index (κ1) is 26.1. The Morgan fingerprint density at radius 3 is 2.23 bits per heavy atom. The van der Waals surface area contributed by atoms with Crippen molar-refractivity contribution < 1.29 is 28.2 Å². The summed E-state index contributed by atoms with van der Waals surface area (Å²) in [4.78, 5) is 27.6. The highest BCUT2D eigenvalue weighted by Gasteiger charge is 2.55. The zero-order chi connectivity index (χ0) is 23.7. The van der Waals surface area contributed by atoms with Gasteiger partial charge in [-0.3, -0.25) is 4.90 Å². The quantitative estimate of drug-likeness (QED) is 0.401. The molecule has 1 heterocycles. The van der Waals surface area contributed by atoms with Crippen LogP contribution in [0.15, 0.2) is 0 Å². The molecule has 2 rings (SSSR count).